The van der Waals surface area contributed by atoms with Crippen molar-refractivity contribution in [2.45, 2.75) is 20.8 Å². The molecule has 1 heterocycles. The molecule has 0 radical (unpaired) electrons. The minimum absolute atomic E-state index is 0.314. The maximum Gasteiger partial charge on any atom is 0.281 e. The summed E-state index contributed by atoms with van der Waals surface area (Å²) in [5.74, 6) is -1.36. The summed E-state index contributed by atoms with van der Waals surface area (Å²) in [6.07, 6.45) is 0. The Balaban J connectivity index is 2.14. The van der Waals surface area contributed by atoms with Gasteiger partial charge in [0.15, 0.2) is 0 Å². The SMILES string of the molecule is CC(=O)N(c1cc(C)ccc1C)N1C(=O)c2ccccc2C1=O. The summed E-state index contributed by atoms with van der Waals surface area (Å²) in [4.78, 5) is 37.5. The van der Waals surface area contributed by atoms with Gasteiger partial charge in [0.1, 0.15) is 0 Å². The first-order valence-electron chi connectivity index (χ1n) is 7.27. The van der Waals surface area contributed by atoms with E-state index in [1.54, 1.807) is 30.3 Å². The number of amides is 3. The lowest BCUT2D eigenvalue weighted by molar-refractivity contribution is -0.118. The van der Waals surface area contributed by atoms with Crippen LogP contribution in [0.2, 0.25) is 0 Å². The molecule has 5 nitrogen and oxygen atoms in total. The van der Waals surface area contributed by atoms with Crippen LogP contribution in [0.3, 0.4) is 0 Å². The van der Waals surface area contributed by atoms with Crippen LogP contribution in [-0.4, -0.2) is 22.7 Å². The molecule has 3 rings (SSSR count). The number of carbonyl (C=O) groups is 3. The zero-order valence-electron chi connectivity index (χ0n) is 13.2. The van der Waals surface area contributed by atoms with Crippen molar-refractivity contribution in [3.8, 4) is 0 Å². The van der Waals surface area contributed by atoms with Crippen LogP contribution in [0.5, 0.6) is 0 Å². The van der Waals surface area contributed by atoms with Gasteiger partial charge >= 0.3 is 0 Å². The molecule has 2 aromatic rings. The van der Waals surface area contributed by atoms with Crippen LogP contribution in [0.15, 0.2) is 42.5 Å². The Labute approximate surface area is 134 Å². The molecular formula is C18H16N2O3. The molecule has 1 aliphatic heterocycles. The van der Waals surface area contributed by atoms with Crippen molar-refractivity contribution in [1.82, 2.24) is 5.01 Å². The third-order valence-corrected chi connectivity index (χ3v) is 3.86. The van der Waals surface area contributed by atoms with Crippen molar-refractivity contribution in [3.63, 3.8) is 0 Å². The fourth-order valence-corrected chi connectivity index (χ4v) is 2.72. The molecule has 116 valence electrons. The largest absolute Gasteiger partial charge is 0.281 e. The molecule has 2 aromatic carbocycles. The van der Waals surface area contributed by atoms with Crippen LogP contribution < -0.4 is 5.01 Å². The number of hydrogen-bond acceptors (Lipinski definition) is 3. The summed E-state index contributed by atoms with van der Waals surface area (Å²) in [5.41, 5.74) is 2.91. The monoisotopic (exact) mass is 308 g/mol. The average molecular weight is 308 g/mol. The number of rotatable bonds is 2. The van der Waals surface area contributed by atoms with Gasteiger partial charge < -0.3 is 0 Å². The Morgan fingerprint density at radius 3 is 2.04 bits per heavy atom. The third kappa shape index (κ3) is 2.30. The van der Waals surface area contributed by atoms with E-state index in [2.05, 4.69) is 0 Å². The summed E-state index contributed by atoms with van der Waals surface area (Å²) in [7, 11) is 0. The number of imide groups is 1. The Kier molecular flexibility index (Phi) is 3.48. The third-order valence-electron chi connectivity index (χ3n) is 3.86. The molecule has 0 unspecified atom stereocenters. The summed E-state index contributed by atoms with van der Waals surface area (Å²) in [5, 5.41) is 2.09. The number of carbonyl (C=O) groups excluding carboxylic acids is 3. The van der Waals surface area contributed by atoms with E-state index >= 15 is 0 Å². The number of benzene rings is 2. The van der Waals surface area contributed by atoms with Crippen molar-refractivity contribution in [2.75, 3.05) is 5.01 Å². The van der Waals surface area contributed by atoms with Crippen LogP contribution in [0.25, 0.3) is 0 Å². The molecule has 0 aliphatic carbocycles. The van der Waals surface area contributed by atoms with Crippen molar-refractivity contribution in [1.29, 1.82) is 0 Å². The van der Waals surface area contributed by atoms with E-state index in [9.17, 15) is 14.4 Å². The smallest absolute Gasteiger partial charge is 0.273 e. The van der Waals surface area contributed by atoms with E-state index in [-0.39, 0.29) is 0 Å². The quantitative estimate of drug-likeness (QED) is 0.802. The van der Waals surface area contributed by atoms with Gasteiger partial charge in [-0.25, -0.2) is 5.01 Å². The van der Waals surface area contributed by atoms with Gasteiger partial charge in [0.2, 0.25) is 5.91 Å². The van der Waals surface area contributed by atoms with Crippen LogP contribution in [0.1, 0.15) is 38.8 Å². The molecule has 23 heavy (non-hydrogen) atoms. The molecule has 0 aromatic heterocycles. The molecule has 3 amide bonds. The molecule has 0 N–H and O–H groups in total. The van der Waals surface area contributed by atoms with E-state index < -0.39 is 17.7 Å². The second-order valence-corrected chi connectivity index (χ2v) is 5.59. The highest BCUT2D eigenvalue weighted by Gasteiger charge is 2.41. The summed E-state index contributed by atoms with van der Waals surface area (Å²) >= 11 is 0. The number of anilines is 1. The molecule has 0 atom stereocenters. The average Bonchev–Trinajstić information content (AvgIpc) is 2.76. The molecule has 0 bridgehead atoms. The lowest BCUT2D eigenvalue weighted by atomic mass is 10.1. The molecule has 0 spiro atoms. The van der Waals surface area contributed by atoms with Crippen LogP contribution in [0, 0.1) is 13.8 Å². The zero-order valence-corrected chi connectivity index (χ0v) is 13.2. The van der Waals surface area contributed by atoms with E-state index in [0.29, 0.717) is 16.8 Å². The van der Waals surface area contributed by atoms with Gasteiger partial charge in [-0.2, -0.15) is 5.01 Å². The molecule has 5 heteroatoms. The van der Waals surface area contributed by atoms with Gasteiger partial charge in [-0.3, -0.25) is 14.4 Å². The predicted octanol–water partition coefficient (Wildman–Crippen LogP) is 2.87. The minimum atomic E-state index is -0.485. The fraction of sp³-hybridized carbons (Fsp3) is 0.167. The number of hydrogen-bond donors (Lipinski definition) is 0. The second-order valence-electron chi connectivity index (χ2n) is 5.59. The van der Waals surface area contributed by atoms with Crippen molar-refractivity contribution in [2.24, 2.45) is 0 Å². The van der Waals surface area contributed by atoms with Crippen LogP contribution in [0.4, 0.5) is 5.69 Å². The molecule has 1 aliphatic rings. The normalized spacial score (nSPS) is 13.3. The van der Waals surface area contributed by atoms with Crippen molar-refractivity contribution in [3.05, 3.63) is 64.7 Å². The fourth-order valence-electron chi connectivity index (χ4n) is 2.72. The summed E-state index contributed by atoms with van der Waals surface area (Å²) in [6, 6.07) is 12.2. The summed E-state index contributed by atoms with van der Waals surface area (Å²) in [6.45, 7) is 5.07. The van der Waals surface area contributed by atoms with Gasteiger partial charge in [-0.1, -0.05) is 24.3 Å². The van der Waals surface area contributed by atoms with Crippen LogP contribution >= 0.6 is 0 Å². The number of aryl methyl sites for hydroxylation is 2. The lowest BCUT2D eigenvalue weighted by Crippen LogP contribution is -2.49. The van der Waals surface area contributed by atoms with Gasteiger partial charge in [0, 0.05) is 6.92 Å². The minimum Gasteiger partial charge on any atom is -0.273 e. The van der Waals surface area contributed by atoms with Crippen molar-refractivity contribution >= 4 is 23.4 Å². The molecular weight excluding hydrogens is 292 g/mol. The van der Waals surface area contributed by atoms with Gasteiger partial charge in [-0.15, -0.1) is 0 Å². The Bertz CT molecular complexity index is 807. The highest BCUT2D eigenvalue weighted by molar-refractivity contribution is 6.24. The predicted molar refractivity (Wildman–Crippen MR) is 86.0 cm³/mol. The Hall–Kier alpha value is -2.95. The first-order valence-corrected chi connectivity index (χ1v) is 7.27. The van der Waals surface area contributed by atoms with E-state index in [4.69, 9.17) is 0 Å². The van der Waals surface area contributed by atoms with E-state index in [1.165, 1.54) is 6.92 Å². The number of nitrogens with zero attached hydrogens (tertiary/aromatic N) is 2. The Morgan fingerprint density at radius 2 is 1.52 bits per heavy atom. The van der Waals surface area contributed by atoms with Crippen molar-refractivity contribution < 1.29 is 14.4 Å². The van der Waals surface area contributed by atoms with Gasteiger partial charge in [0.05, 0.1) is 16.8 Å². The number of hydrazine groups is 1. The molecule has 0 fully saturated rings. The first-order chi connectivity index (χ1) is 10.9. The topological polar surface area (TPSA) is 57.7 Å². The molecule has 0 saturated carbocycles. The van der Waals surface area contributed by atoms with Crippen LogP contribution in [-0.2, 0) is 4.79 Å². The maximum absolute atomic E-state index is 12.6. The second kappa shape index (κ2) is 5.35. The van der Waals surface area contributed by atoms with E-state index in [0.717, 1.165) is 21.1 Å². The summed E-state index contributed by atoms with van der Waals surface area (Å²) < 4.78 is 0. The molecule has 0 saturated heterocycles. The number of fused-ring (bicyclic) bond motifs is 1. The zero-order chi connectivity index (χ0) is 16.7. The highest BCUT2D eigenvalue weighted by atomic mass is 16.2. The Morgan fingerprint density at radius 1 is 0.957 bits per heavy atom. The van der Waals surface area contributed by atoms with E-state index in [1.807, 2.05) is 26.0 Å². The lowest BCUT2D eigenvalue weighted by Gasteiger charge is -2.30. The standard InChI is InChI=1S/C18H16N2O3/c1-11-8-9-12(2)16(10-11)19(13(3)21)20-17(22)14-6-4-5-7-15(14)18(20)23/h4-10H,1-3H3. The van der Waals surface area contributed by atoms with Gasteiger partial charge in [-0.05, 0) is 43.2 Å². The maximum atomic E-state index is 12.6. The van der Waals surface area contributed by atoms with Gasteiger partial charge in [0.25, 0.3) is 11.8 Å². The highest BCUT2D eigenvalue weighted by Crippen LogP contribution is 2.30. The first kappa shape index (κ1) is 15.0.